The summed E-state index contributed by atoms with van der Waals surface area (Å²) in [7, 11) is 0. The molecule has 6 heteroatoms. The number of benzene rings is 2. The average molecular weight is 343 g/mol. The maximum Gasteiger partial charge on any atom is 0.171 e. The molecular formula is C15H13Cl2FN2S. The highest BCUT2D eigenvalue weighted by Crippen LogP contribution is 2.20. The molecule has 0 atom stereocenters. The average Bonchev–Trinajstić information content (AvgIpc) is 2.41. The van der Waals surface area contributed by atoms with Gasteiger partial charge in [0.15, 0.2) is 5.11 Å². The van der Waals surface area contributed by atoms with Crippen molar-refractivity contribution in [3.05, 3.63) is 63.4 Å². The van der Waals surface area contributed by atoms with Crippen molar-refractivity contribution in [2.45, 2.75) is 13.5 Å². The first kappa shape index (κ1) is 16.0. The van der Waals surface area contributed by atoms with Crippen molar-refractivity contribution < 1.29 is 4.39 Å². The molecule has 2 nitrogen and oxygen atoms in total. The van der Waals surface area contributed by atoms with E-state index < -0.39 is 0 Å². The van der Waals surface area contributed by atoms with Crippen LogP contribution >= 0.6 is 35.4 Å². The molecule has 0 aromatic heterocycles. The Morgan fingerprint density at radius 2 is 1.95 bits per heavy atom. The van der Waals surface area contributed by atoms with E-state index in [4.69, 9.17) is 35.4 Å². The maximum atomic E-state index is 13.0. The fourth-order valence-corrected chi connectivity index (χ4v) is 2.42. The topological polar surface area (TPSA) is 24.1 Å². The molecule has 0 aliphatic rings. The van der Waals surface area contributed by atoms with E-state index in [9.17, 15) is 4.39 Å². The van der Waals surface area contributed by atoms with Gasteiger partial charge in [-0.15, -0.1) is 0 Å². The molecule has 0 spiro atoms. The largest absolute Gasteiger partial charge is 0.358 e. The smallest absolute Gasteiger partial charge is 0.171 e. The fourth-order valence-electron chi connectivity index (χ4n) is 1.77. The number of aryl methyl sites for hydroxylation is 1. The molecule has 2 aromatic carbocycles. The summed E-state index contributed by atoms with van der Waals surface area (Å²) >= 11 is 17.1. The van der Waals surface area contributed by atoms with Crippen LogP contribution < -0.4 is 10.6 Å². The molecule has 0 radical (unpaired) electrons. The van der Waals surface area contributed by atoms with Gasteiger partial charge >= 0.3 is 0 Å². The Labute approximate surface area is 138 Å². The Kier molecular flexibility index (Phi) is 5.39. The van der Waals surface area contributed by atoms with Gasteiger partial charge in [0, 0.05) is 22.3 Å². The van der Waals surface area contributed by atoms with Crippen LogP contribution in [0.1, 0.15) is 11.1 Å². The standard InChI is InChI=1S/C15H13Cl2FN2S/c1-9-6-11(16)3-5-14(9)20-15(21)19-8-10-2-4-12(18)7-13(10)17/h2-7H,8H2,1H3,(H2,19,20,21). The minimum Gasteiger partial charge on any atom is -0.358 e. The first-order valence-electron chi connectivity index (χ1n) is 6.20. The van der Waals surface area contributed by atoms with E-state index in [0.29, 0.717) is 21.7 Å². The number of rotatable bonds is 3. The van der Waals surface area contributed by atoms with Gasteiger partial charge in [0.2, 0.25) is 0 Å². The minimum absolute atomic E-state index is 0.360. The molecule has 0 heterocycles. The fraction of sp³-hybridized carbons (Fsp3) is 0.133. The number of halogens is 3. The van der Waals surface area contributed by atoms with E-state index in [1.807, 2.05) is 19.1 Å². The van der Waals surface area contributed by atoms with Crippen LogP contribution in [0.5, 0.6) is 0 Å². The lowest BCUT2D eigenvalue weighted by Gasteiger charge is -2.13. The van der Waals surface area contributed by atoms with Gasteiger partial charge in [0.25, 0.3) is 0 Å². The summed E-state index contributed by atoms with van der Waals surface area (Å²) < 4.78 is 13.0. The highest BCUT2D eigenvalue weighted by atomic mass is 35.5. The molecule has 2 aromatic rings. The molecule has 21 heavy (non-hydrogen) atoms. The van der Waals surface area contributed by atoms with Crippen LogP contribution in [-0.2, 0) is 6.54 Å². The van der Waals surface area contributed by atoms with Crippen molar-refractivity contribution in [3.8, 4) is 0 Å². The Morgan fingerprint density at radius 1 is 1.19 bits per heavy atom. The Bertz CT molecular complexity index is 677. The third kappa shape index (κ3) is 4.56. The number of nitrogens with one attached hydrogen (secondary N) is 2. The third-order valence-electron chi connectivity index (χ3n) is 2.89. The van der Waals surface area contributed by atoms with E-state index in [0.717, 1.165) is 16.8 Å². The minimum atomic E-state index is -0.360. The van der Waals surface area contributed by atoms with Crippen molar-refractivity contribution in [1.82, 2.24) is 5.32 Å². The zero-order valence-corrected chi connectivity index (χ0v) is 13.5. The van der Waals surface area contributed by atoms with Crippen molar-refractivity contribution in [2.75, 3.05) is 5.32 Å². The molecule has 0 amide bonds. The Hall–Kier alpha value is -1.36. The van der Waals surface area contributed by atoms with Gasteiger partial charge in [-0.3, -0.25) is 0 Å². The van der Waals surface area contributed by atoms with Crippen molar-refractivity contribution >= 4 is 46.2 Å². The maximum absolute atomic E-state index is 13.0. The summed E-state index contributed by atoms with van der Waals surface area (Å²) in [6.07, 6.45) is 0. The van der Waals surface area contributed by atoms with Crippen LogP contribution in [0.15, 0.2) is 36.4 Å². The Morgan fingerprint density at radius 3 is 2.62 bits per heavy atom. The molecule has 2 N–H and O–H groups in total. The van der Waals surface area contributed by atoms with E-state index in [-0.39, 0.29) is 5.82 Å². The molecule has 2 rings (SSSR count). The molecular weight excluding hydrogens is 330 g/mol. The van der Waals surface area contributed by atoms with Gasteiger partial charge in [-0.1, -0.05) is 29.3 Å². The van der Waals surface area contributed by atoms with Gasteiger partial charge < -0.3 is 10.6 Å². The van der Waals surface area contributed by atoms with E-state index in [1.165, 1.54) is 12.1 Å². The lowest BCUT2D eigenvalue weighted by Crippen LogP contribution is -2.28. The first-order chi connectivity index (χ1) is 9.95. The van der Waals surface area contributed by atoms with E-state index in [2.05, 4.69) is 10.6 Å². The molecule has 0 saturated heterocycles. The summed E-state index contributed by atoms with van der Waals surface area (Å²) in [5, 5.41) is 7.62. The van der Waals surface area contributed by atoms with Gasteiger partial charge in [-0.25, -0.2) is 4.39 Å². The summed E-state index contributed by atoms with van der Waals surface area (Å²) in [5.74, 6) is -0.360. The summed E-state index contributed by atoms with van der Waals surface area (Å²) in [6, 6.07) is 9.76. The van der Waals surface area contributed by atoms with Crippen LogP contribution in [0.3, 0.4) is 0 Å². The quantitative estimate of drug-likeness (QED) is 0.773. The second-order valence-corrected chi connectivity index (χ2v) is 5.75. The van der Waals surface area contributed by atoms with Gasteiger partial charge in [0.1, 0.15) is 5.82 Å². The monoisotopic (exact) mass is 342 g/mol. The first-order valence-corrected chi connectivity index (χ1v) is 7.37. The van der Waals surface area contributed by atoms with E-state index in [1.54, 1.807) is 12.1 Å². The van der Waals surface area contributed by atoms with Crippen LogP contribution in [-0.4, -0.2) is 5.11 Å². The molecule has 0 aliphatic carbocycles. The van der Waals surface area contributed by atoms with Crippen LogP contribution in [0.4, 0.5) is 10.1 Å². The molecule has 0 aliphatic heterocycles. The van der Waals surface area contributed by atoms with E-state index >= 15 is 0 Å². The Balaban J connectivity index is 1.96. The normalized spacial score (nSPS) is 10.3. The van der Waals surface area contributed by atoms with Gasteiger partial charge in [-0.05, 0) is 60.6 Å². The van der Waals surface area contributed by atoms with Gasteiger partial charge in [-0.2, -0.15) is 0 Å². The third-order valence-corrected chi connectivity index (χ3v) is 3.72. The van der Waals surface area contributed by atoms with Gasteiger partial charge in [0.05, 0.1) is 0 Å². The molecule has 0 bridgehead atoms. The lowest BCUT2D eigenvalue weighted by molar-refractivity contribution is 0.627. The predicted octanol–water partition coefficient (Wildman–Crippen LogP) is 4.93. The van der Waals surface area contributed by atoms with Crippen molar-refractivity contribution in [2.24, 2.45) is 0 Å². The number of hydrogen-bond acceptors (Lipinski definition) is 1. The zero-order valence-electron chi connectivity index (χ0n) is 11.2. The molecule has 0 fully saturated rings. The predicted molar refractivity (Wildman–Crippen MR) is 90.7 cm³/mol. The summed E-state index contributed by atoms with van der Waals surface area (Å²) in [6.45, 7) is 2.35. The number of hydrogen-bond donors (Lipinski definition) is 2. The highest BCUT2D eigenvalue weighted by Gasteiger charge is 2.05. The SMILES string of the molecule is Cc1cc(Cl)ccc1NC(=S)NCc1ccc(F)cc1Cl. The number of thiocarbonyl (C=S) groups is 1. The second kappa shape index (κ2) is 7.07. The lowest BCUT2D eigenvalue weighted by atomic mass is 10.2. The van der Waals surface area contributed by atoms with Crippen LogP contribution in [0.2, 0.25) is 10.0 Å². The van der Waals surface area contributed by atoms with Crippen LogP contribution in [0.25, 0.3) is 0 Å². The molecule has 110 valence electrons. The molecule has 0 saturated carbocycles. The molecule has 0 unspecified atom stereocenters. The summed E-state index contributed by atoms with van der Waals surface area (Å²) in [5.41, 5.74) is 2.64. The number of anilines is 1. The highest BCUT2D eigenvalue weighted by molar-refractivity contribution is 7.80. The second-order valence-electron chi connectivity index (χ2n) is 4.50. The van der Waals surface area contributed by atoms with Crippen molar-refractivity contribution in [1.29, 1.82) is 0 Å². The van der Waals surface area contributed by atoms with Crippen molar-refractivity contribution in [3.63, 3.8) is 0 Å². The van der Waals surface area contributed by atoms with Crippen LogP contribution in [0, 0.1) is 12.7 Å². The summed E-state index contributed by atoms with van der Waals surface area (Å²) in [4.78, 5) is 0. The zero-order chi connectivity index (χ0) is 15.4.